The Morgan fingerprint density at radius 3 is 2.79 bits per heavy atom. The predicted octanol–water partition coefficient (Wildman–Crippen LogP) is 2.42. The van der Waals surface area contributed by atoms with Crippen LogP contribution in [-0.4, -0.2) is 31.2 Å². The fourth-order valence-electron chi connectivity index (χ4n) is 2.13. The number of hydrogen-bond donors (Lipinski definition) is 0. The summed E-state index contributed by atoms with van der Waals surface area (Å²) >= 11 is 0.943. The number of nitrogens with zero attached hydrogens (tertiary/aromatic N) is 4. The highest BCUT2D eigenvalue weighted by Crippen LogP contribution is 2.37. The summed E-state index contributed by atoms with van der Waals surface area (Å²) in [7, 11) is 0. The van der Waals surface area contributed by atoms with E-state index in [1.165, 1.54) is 18.5 Å². The van der Waals surface area contributed by atoms with Crippen LogP contribution in [-0.2, 0) is 0 Å². The molecule has 24 heavy (non-hydrogen) atoms. The molecule has 0 bridgehead atoms. The van der Waals surface area contributed by atoms with Gasteiger partial charge in [-0.05, 0) is 24.5 Å². The molecule has 0 saturated heterocycles. The van der Waals surface area contributed by atoms with Crippen molar-refractivity contribution in [1.82, 2.24) is 14.6 Å². The van der Waals surface area contributed by atoms with Crippen molar-refractivity contribution in [1.29, 1.82) is 0 Å². The van der Waals surface area contributed by atoms with Crippen molar-refractivity contribution in [2.24, 2.45) is 0 Å². The number of pyridine rings is 1. The summed E-state index contributed by atoms with van der Waals surface area (Å²) in [4.78, 5) is 38.5. The first-order chi connectivity index (χ1) is 11.5. The molecule has 0 radical (unpaired) electrons. The van der Waals surface area contributed by atoms with Gasteiger partial charge in [0.05, 0.1) is 4.92 Å². The molecule has 0 spiro atoms. The SMILES string of the molecule is CC(=O)c1cc([N+](=O)[O-])c(OC(=O)c2csnn2)c2ncccc12. The van der Waals surface area contributed by atoms with E-state index in [4.69, 9.17) is 4.74 Å². The summed E-state index contributed by atoms with van der Waals surface area (Å²) in [6.45, 7) is 1.29. The molecule has 3 aromatic rings. The molecule has 0 atom stereocenters. The van der Waals surface area contributed by atoms with Crippen LogP contribution in [0.25, 0.3) is 10.9 Å². The van der Waals surface area contributed by atoms with Crippen LogP contribution in [0, 0.1) is 10.1 Å². The number of ether oxygens (including phenoxy) is 1. The molecular weight excluding hydrogens is 336 g/mol. The number of carbonyl (C=O) groups excluding carboxylic acids is 2. The Labute approximate surface area is 138 Å². The first kappa shape index (κ1) is 15.6. The van der Waals surface area contributed by atoms with Crippen molar-refractivity contribution < 1.29 is 19.2 Å². The molecule has 0 aliphatic carbocycles. The lowest BCUT2D eigenvalue weighted by atomic mass is 10.0. The Morgan fingerprint density at radius 2 is 2.17 bits per heavy atom. The summed E-state index contributed by atoms with van der Waals surface area (Å²) in [6.07, 6.45) is 1.39. The third kappa shape index (κ3) is 2.70. The first-order valence-electron chi connectivity index (χ1n) is 6.55. The third-order valence-corrected chi connectivity index (χ3v) is 3.67. The van der Waals surface area contributed by atoms with Gasteiger partial charge in [-0.1, -0.05) is 10.6 Å². The minimum Gasteiger partial charge on any atom is -0.412 e. The van der Waals surface area contributed by atoms with E-state index in [0.29, 0.717) is 5.39 Å². The topological polar surface area (TPSA) is 125 Å². The summed E-state index contributed by atoms with van der Waals surface area (Å²) in [5.74, 6) is -1.59. The molecule has 0 amide bonds. The van der Waals surface area contributed by atoms with Crippen LogP contribution in [0.3, 0.4) is 0 Å². The zero-order chi connectivity index (χ0) is 17.3. The second kappa shape index (κ2) is 6.08. The zero-order valence-electron chi connectivity index (χ0n) is 12.1. The molecule has 2 heterocycles. The number of nitro groups is 1. The molecule has 0 unspecified atom stereocenters. The van der Waals surface area contributed by atoms with Crippen molar-refractivity contribution in [3.8, 4) is 5.75 Å². The Kier molecular flexibility index (Phi) is 3.96. The van der Waals surface area contributed by atoms with Gasteiger partial charge in [0.2, 0.25) is 5.75 Å². The number of ketones is 1. The van der Waals surface area contributed by atoms with E-state index in [2.05, 4.69) is 14.6 Å². The monoisotopic (exact) mass is 344 g/mol. The number of fused-ring (bicyclic) bond motifs is 1. The maximum absolute atomic E-state index is 12.1. The van der Waals surface area contributed by atoms with Gasteiger partial charge in [-0.2, -0.15) is 0 Å². The van der Waals surface area contributed by atoms with Crippen molar-refractivity contribution in [2.45, 2.75) is 6.92 Å². The molecule has 0 N–H and O–H groups in total. The molecule has 10 heteroatoms. The summed E-state index contributed by atoms with van der Waals surface area (Å²) in [5, 5.41) is 16.6. The summed E-state index contributed by atoms with van der Waals surface area (Å²) < 4.78 is 8.69. The Hall–Kier alpha value is -3.27. The molecule has 1 aromatic carbocycles. The number of benzene rings is 1. The summed E-state index contributed by atoms with van der Waals surface area (Å²) in [6, 6.07) is 4.23. The number of esters is 1. The number of carbonyl (C=O) groups is 2. The van der Waals surface area contributed by atoms with E-state index < -0.39 is 16.6 Å². The average molecular weight is 344 g/mol. The highest BCUT2D eigenvalue weighted by Gasteiger charge is 2.27. The lowest BCUT2D eigenvalue weighted by Crippen LogP contribution is -2.12. The average Bonchev–Trinajstić information content (AvgIpc) is 3.09. The Bertz CT molecular complexity index is 971. The predicted molar refractivity (Wildman–Crippen MR) is 83.3 cm³/mol. The zero-order valence-corrected chi connectivity index (χ0v) is 12.9. The lowest BCUT2D eigenvalue weighted by molar-refractivity contribution is -0.385. The standard InChI is InChI=1S/C14H8N4O5S/c1-7(19)9-5-11(18(21)22)13(12-8(9)3-2-4-15-12)23-14(20)10-6-24-17-16-10/h2-6H,1H3. The van der Waals surface area contributed by atoms with Crippen LogP contribution in [0.5, 0.6) is 5.75 Å². The van der Waals surface area contributed by atoms with Gasteiger partial charge in [-0.3, -0.25) is 19.9 Å². The second-order valence-electron chi connectivity index (χ2n) is 4.66. The molecule has 0 fully saturated rings. The maximum atomic E-state index is 12.1. The van der Waals surface area contributed by atoms with Gasteiger partial charge in [0, 0.05) is 28.6 Å². The van der Waals surface area contributed by atoms with E-state index in [9.17, 15) is 19.7 Å². The van der Waals surface area contributed by atoms with E-state index in [0.717, 1.165) is 17.6 Å². The largest absolute Gasteiger partial charge is 0.412 e. The Balaban J connectivity index is 2.23. The lowest BCUT2D eigenvalue weighted by Gasteiger charge is -2.09. The highest BCUT2D eigenvalue weighted by molar-refractivity contribution is 7.03. The molecule has 0 aliphatic heterocycles. The molecule has 3 rings (SSSR count). The molecule has 0 saturated carbocycles. The number of Topliss-reactive ketones (excluding diaryl/α,β-unsaturated/α-hetero) is 1. The van der Waals surface area contributed by atoms with Gasteiger partial charge in [-0.15, -0.1) is 5.10 Å². The van der Waals surface area contributed by atoms with Crippen molar-refractivity contribution in [3.05, 3.63) is 51.1 Å². The van der Waals surface area contributed by atoms with Gasteiger partial charge in [-0.25, -0.2) is 4.79 Å². The molecule has 9 nitrogen and oxygen atoms in total. The van der Waals surface area contributed by atoms with Gasteiger partial charge >= 0.3 is 11.7 Å². The van der Waals surface area contributed by atoms with Crippen LogP contribution in [0.4, 0.5) is 5.69 Å². The fourth-order valence-corrected chi connectivity index (χ4v) is 2.56. The number of hydrogen-bond acceptors (Lipinski definition) is 9. The van der Waals surface area contributed by atoms with E-state index in [-0.39, 0.29) is 28.3 Å². The number of nitro benzene ring substituents is 1. The van der Waals surface area contributed by atoms with E-state index in [1.54, 1.807) is 12.1 Å². The maximum Gasteiger partial charge on any atom is 0.365 e. The van der Waals surface area contributed by atoms with Crippen molar-refractivity contribution >= 4 is 39.9 Å². The van der Waals surface area contributed by atoms with Crippen molar-refractivity contribution in [3.63, 3.8) is 0 Å². The van der Waals surface area contributed by atoms with Gasteiger partial charge < -0.3 is 4.74 Å². The van der Waals surface area contributed by atoms with Crippen LogP contribution in [0.2, 0.25) is 0 Å². The van der Waals surface area contributed by atoms with Crippen LogP contribution < -0.4 is 4.74 Å². The van der Waals surface area contributed by atoms with Crippen LogP contribution >= 0.6 is 11.5 Å². The fraction of sp³-hybridized carbons (Fsp3) is 0.0714. The highest BCUT2D eigenvalue weighted by atomic mass is 32.1. The third-order valence-electron chi connectivity index (χ3n) is 3.17. The Morgan fingerprint density at radius 1 is 1.38 bits per heavy atom. The summed E-state index contributed by atoms with van der Waals surface area (Å²) in [5.41, 5.74) is -0.426. The van der Waals surface area contributed by atoms with Gasteiger partial charge in [0.25, 0.3) is 0 Å². The van der Waals surface area contributed by atoms with Gasteiger partial charge in [0.1, 0.15) is 5.52 Å². The molecular formula is C14H8N4O5S. The molecule has 0 aliphatic rings. The normalized spacial score (nSPS) is 10.5. The van der Waals surface area contributed by atoms with Crippen LogP contribution in [0.1, 0.15) is 27.8 Å². The quantitative estimate of drug-likeness (QED) is 0.232. The molecule has 2 aromatic heterocycles. The number of rotatable bonds is 4. The van der Waals surface area contributed by atoms with E-state index in [1.807, 2.05) is 0 Å². The smallest absolute Gasteiger partial charge is 0.365 e. The molecule has 120 valence electrons. The first-order valence-corrected chi connectivity index (χ1v) is 7.39. The minimum atomic E-state index is -0.894. The second-order valence-corrected chi connectivity index (χ2v) is 5.27. The van der Waals surface area contributed by atoms with Gasteiger partial charge in [0.15, 0.2) is 11.5 Å². The van der Waals surface area contributed by atoms with Crippen molar-refractivity contribution in [2.75, 3.05) is 0 Å². The number of aromatic nitrogens is 3. The van der Waals surface area contributed by atoms with Crippen LogP contribution in [0.15, 0.2) is 29.8 Å². The minimum absolute atomic E-state index is 0.0495. The van der Waals surface area contributed by atoms with E-state index >= 15 is 0 Å².